The Morgan fingerprint density at radius 2 is 1.92 bits per heavy atom. The second-order valence-electron chi connectivity index (χ2n) is 3.49. The van der Waals surface area contributed by atoms with E-state index in [1.165, 1.54) is 20.9 Å². The molecule has 0 saturated carbocycles. The number of nitrogens with zero attached hydrogens (tertiary/aromatic N) is 1. The van der Waals surface area contributed by atoms with Crippen molar-refractivity contribution in [2.45, 2.75) is 33.2 Å². The van der Waals surface area contributed by atoms with Crippen LogP contribution in [0.1, 0.15) is 27.2 Å². The Bertz CT molecular complexity index is 180. The second kappa shape index (κ2) is 4.65. The highest BCUT2D eigenvalue weighted by atomic mass is 19.3. The highest BCUT2D eigenvalue weighted by Gasteiger charge is 2.38. The molecule has 0 fully saturated rings. The lowest BCUT2D eigenvalue weighted by atomic mass is 10.1. The molecule has 0 aromatic rings. The second-order valence-corrected chi connectivity index (χ2v) is 3.49. The molecule has 0 aliphatic heterocycles. The first kappa shape index (κ1) is 12.5. The summed E-state index contributed by atoms with van der Waals surface area (Å²) in [4.78, 5) is 11.7. The van der Waals surface area contributed by atoms with Crippen molar-refractivity contribution in [3.63, 3.8) is 0 Å². The molecule has 0 aromatic heterocycles. The van der Waals surface area contributed by atoms with E-state index in [0.717, 1.165) is 4.90 Å². The van der Waals surface area contributed by atoms with Crippen LogP contribution in [0.2, 0.25) is 0 Å². The fourth-order valence-corrected chi connectivity index (χ4v) is 0.923. The number of carbonyl (C=O) groups is 1. The number of carbonyl (C=O) groups excluding carboxylic acids is 1. The highest BCUT2D eigenvalue weighted by molar-refractivity contribution is 5.80. The van der Waals surface area contributed by atoms with Crippen LogP contribution in [0.5, 0.6) is 0 Å². The zero-order valence-electron chi connectivity index (χ0n) is 8.60. The number of hydrogen-bond acceptors (Lipinski definition) is 2. The molecule has 0 aromatic carbocycles. The van der Waals surface area contributed by atoms with Gasteiger partial charge >= 0.3 is 6.05 Å². The molecule has 0 unspecified atom stereocenters. The Labute approximate surface area is 77.9 Å². The number of rotatable bonds is 5. The first-order chi connectivity index (χ1) is 5.82. The maximum absolute atomic E-state index is 13.2. The van der Waals surface area contributed by atoms with Gasteiger partial charge in [-0.25, -0.2) is 4.90 Å². The maximum atomic E-state index is 13.2. The van der Waals surface area contributed by atoms with E-state index in [9.17, 15) is 13.6 Å². The standard InChI is InChI=1S/C9H17F2NO/c1-5-8(13)6-12(4)9(10,11)7(2)3/h7H,5-6H2,1-4H3. The molecule has 0 rings (SSSR count). The molecule has 4 heteroatoms. The lowest BCUT2D eigenvalue weighted by molar-refractivity contribution is -0.171. The van der Waals surface area contributed by atoms with Crippen molar-refractivity contribution in [2.24, 2.45) is 5.92 Å². The Hall–Kier alpha value is -0.510. The van der Waals surface area contributed by atoms with E-state index in [4.69, 9.17) is 0 Å². The summed E-state index contributed by atoms with van der Waals surface area (Å²) in [6.07, 6.45) is 0.304. The van der Waals surface area contributed by atoms with Crippen LogP contribution >= 0.6 is 0 Å². The third kappa shape index (κ3) is 3.38. The van der Waals surface area contributed by atoms with Gasteiger partial charge in [0.1, 0.15) is 5.78 Å². The van der Waals surface area contributed by atoms with Crippen LogP contribution in [-0.4, -0.2) is 30.3 Å². The first-order valence-corrected chi connectivity index (χ1v) is 4.43. The molecule has 13 heavy (non-hydrogen) atoms. The van der Waals surface area contributed by atoms with E-state index in [0.29, 0.717) is 6.42 Å². The van der Waals surface area contributed by atoms with Gasteiger partial charge < -0.3 is 0 Å². The van der Waals surface area contributed by atoms with Crippen LogP contribution < -0.4 is 0 Å². The van der Waals surface area contributed by atoms with Gasteiger partial charge in [-0.05, 0) is 7.05 Å². The first-order valence-electron chi connectivity index (χ1n) is 4.43. The minimum Gasteiger partial charge on any atom is -0.298 e. The molecule has 0 bridgehead atoms. The van der Waals surface area contributed by atoms with Gasteiger partial charge in [-0.2, -0.15) is 8.78 Å². The summed E-state index contributed by atoms with van der Waals surface area (Å²) in [6, 6.07) is -2.90. The van der Waals surface area contributed by atoms with Crippen molar-refractivity contribution < 1.29 is 13.6 Å². The number of Topliss-reactive ketones (excluding diaryl/α,β-unsaturated/α-hetero) is 1. The smallest absolute Gasteiger partial charge is 0.298 e. The normalized spacial score (nSPS) is 12.6. The molecule has 0 aliphatic carbocycles. The SMILES string of the molecule is CCC(=O)CN(C)C(F)(F)C(C)C. The van der Waals surface area contributed by atoms with Gasteiger partial charge in [0.05, 0.1) is 6.54 Å². The average Bonchev–Trinajstić information content (AvgIpc) is 2.03. The van der Waals surface area contributed by atoms with Crippen LogP contribution in [0.3, 0.4) is 0 Å². The van der Waals surface area contributed by atoms with Crippen LogP contribution in [0.4, 0.5) is 8.78 Å². The lowest BCUT2D eigenvalue weighted by Crippen LogP contribution is -2.45. The number of likely N-dealkylation sites (N-methyl/N-ethyl adjacent to an activating group) is 1. The quantitative estimate of drug-likeness (QED) is 0.623. The molecule has 0 heterocycles. The Balaban J connectivity index is 4.24. The minimum atomic E-state index is -2.90. The summed E-state index contributed by atoms with van der Waals surface area (Å²) in [7, 11) is 1.27. The molecule has 0 radical (unpaired) electrons. The summed E-state index contributed by atoms with van der Waals surface area (Å²) >= 11 is 0. The highest BCUT2D eigenvalue weighted by Crippen LogP contribution is 2.26. The van der Waals surface area contributed by atoms with Crippen molar-refractivity contribution >= 4 is 5.78 Å². The summed E-state index contributed by atoms with van der Waals surface area (Å²) < 4.78 is 26.4. The topological polar surface area (TPSA) is 20.3 Å². The third-order valence-corrected chi connectivity index (χ3v) is 2.01. The zero-order chi connectivity index (χ0) is 10.6. The summed E-state index contributed by atoms with van der Waals surface area (Å²) in [5, 5.41) is 0. The van der Waals surface area contributed by atoms with Crippen molar-refractivity contribution in [1.29, 1.82) is 0 Å². The fourth-order valence-electron chi connectivity index (χ4n) is 0.923. The molecule has 78 valence electrons. The van der Waals surface area contributed by atoms with E-state index in [1.807, 2.05) is 0 Å². The molecule has 0 N–H and O–H groups in total. The Morgan fingerprint density at radius 3 is 2.23 bits per heavy atom. The number of alkyl halides is 2. The van der Waals surface area contributed by atoms with E-state index >= 15 is 0 Å². The lowest BCUT2D eigenvalue weighted by Gasteiger charge is -2.29. The van der Waals surface area contributed by atoms with E-state index < -0.39 is 12.0 Å². The van der Waals surface area contributed by atoms with Crippen LogP contribution in [0.25, 0.3) is 0 Å². The number of hydrogen-bond donors (Lipinski definition) is 0. The molecule has 0 saturated heterocycles. The third-order valence-electron chi connectivity index (χ3n) is 2.01. The Morgan fingerprint density at radius 1 is 1.46 bits per heavy atom. The number of halogens is 2. The van der Waals surface area contributed by atoms with E-state index in [-0.39, 0.29) is 12.3 Å². The van der Waals surface area contributed by atoms with Crippen molar-refractivity contribution in [3.05, 3.63) is 0 Å². The number of ketones is 1. The largest absolute Gasteiger partial charge is 0.307 e. The monoisotopic (exact) mass is 193 g/mol. The average molecular weight is 193 g/mol. The van der Waals surface area contributed by atoms with Gasteiger partial charge in [0.25, 0.3) is 0 Å². The van der Waals surface area contributed by atoms with Crippen molar-refractivity contribution in [2.75, 3.05) is 13.6 Å². The summed E-state index contributed by atoms with van der Waals surface area (Å²) in [5.41, 5.74) is 0. The fraction of sp³-hybridized carbons (Fsp3) is 0.889. The predicted molar refractivity (Wildman–Crippen MR) is 47.7 cm³/mol. The van der Waals surface area contributed by atoms with Gasteiger partial charge in [-0.3, -0.25) is 4.79 Å². The summed E-state index contributed by atoms with van der Waals surface area (Å²) in [6.45, 7) is 4.37. The minimum absolute atomic E-state index is 0.164. The van der Waals surface area contributed by atoms with Crippen LogP contribution in [0.15, 0.2) is 0 Å². The molecular formula is C9H17F2NO. The summed E-state index contributed by atoms with van der Waals surface area (Å²) in [5.74, 6) is -0.940. The molecular weight excluding hydrogens is 176 g/mol. The molecule has 2 nitrogen and oxygen atoms in total. The van der Waals surface area contributed by atoms with Crippen LogP contribution in [0, 0.1) is 5.92 Å². The zero-order valence-corrected chi connectivity index (χ0v) is 8.60. The van der Waals surface area contributed by atoms with E-state index in [1.54, 1.807) is 6.92 Å². The van der Waals surface area contributed by atoms with Gasteiger partial charge in [-0.1, -0.05) is 20.8 Å². The maximum Gasteiger partial charge on any atom is 0.307 e. The Kier molecular flexibility index (Phi) is 4.47. The van der Waals surface area contributed by atoms with Crippen molar-refractivity contribution in [3.8, 4) is 0 Å². The van der Waals surface area contributed by atoms with Gasteiger partial charge in [0, 0.05) is 12.3 Å². The van der Waals surface area contributed by atoms with Gasteiger partial charge in [-0.15, -0.1) is 0 Å². The van der Waals surface area contributed by atoms with Gasteiger partial charge in [0.15, 0.2) is 0 Å². The van der Waals surface area contributed by atoms with E-state index in [2.05, 4.69) is 0 Å². The van der Waals surface area contributed by atoms with Crippen molar-refractivity contribution in [1.82, 2.24) is 4.90 Å². The molecule has 0 aliphatic rings. The van der Waals surface area contributed by atoms with Gasteiger partial charge in [0.2, 0.25) is 0 Å². The van der Waals surface area contributed by atoms with Crippen LogP contribution in [-0.2, 0) is 4.79 Å². The predicted octanol–water partition coefficient (Wildman–Crippen LogP) is 2.15. The molecule has 0 amide bonds. The molecule has 0 spiro atoms. The molecule has 0 atom stereocenters.